The summed E-state index contributed by atoms with van der Waals surface area (Å²) in [7, 11) is 1.52. The Morgan fingerprint density at radius 1 is 1.13 bits per heavy atom. The van der Waals surface area contributed by atoms with Gasteiger partial charge in [-0.25, -0.2) is 23.4 Å². The lowest BCUT2D eigenvalue weighted by Gasteiger charge is -2.12. The van der Waals surface area contributed by atoms with Gasteiger partial charge in [-0.05, 0) is 34.5 Å². The number of aromatic nitrogens is 4. The van der Waals surface area contributed by atoms with Gasteiger partial charge >= 0.3 is 6.03 Å². The molecule has 3 N–H and O–H groups in total. The molecule has 3 aromatic rings. The zero-order valence-corrected chi connectivity index (χ0v) is 16.7. The topological polar surface area (TPSA) is 114 Å². The third-order valence-electron chi connectivity index (χ3n) is 4.03. The molecule has 0 bridgehead atoms. The molecule has 0 saturated carbocycles. The summed E-state index contributed by atoms with van der Waals surface area (Å²) in [5.41, 5.74) is 4.38. The van der Waals surface area contributed by atoms with Crippen LogP contribution in [0.25, 0.3) is 22.5 Å². The Morgan fingerprint density at radius 2 is 1.90 bits per heavy atom. The number of carbonyl (C=O) groups excluding carboxylic acids is 2. The Hall–Kier alpha value is -3.67. The van der Waals surface area contributed by atoms with E-state index in [4.69, 9.17) is 11.6 Å². The van der Waals surface area contributed by atoms with Crippen LogP contribution in [0.15, 0.2) is 30.3 Å². The van der Waals surface area contributed by atoms with Crippen molar-refractivity contribution in [3.05, 3.63) is 52.6 Å². The number of nitrogens with one attached hydrogen (secondary N) is 3. The van der Waals surface area contributed by atoms with Gasteiger partial charge < -0.3 is 5.32 Å². The van der Waals surface area contributed by atoms with Crippen molar-refractivity contribution in [2.45, 2.75) is 6.54 Å². The predicted molar refractivity (Wildman–Crippen MR) is 104 cm³/mol. The van der Waals surface area contributed by atoms with Crippen LogP contribution in [0.5, 0.6) is 0 Å². The molecule has 3 amide bonds. The lowest BCUT2D eigenvalue weighted by Crippen LogP contribution is -2.47. The second-order valence-electron chi connectivity index (χ2n) is 6.21. The summed E-state index contributed by atoms with van der Waals surface area (Å²) in [5, 5.41) is 13.9. The van der Waals surface area contributed by atoms with Gasteiger partial charge in [-0.15, -0.1) is 10.2 Å². The Labute approximate surface area is 178 Å². The first-order valence-corrected chi connectivity index (χ1v) is 9.07. The maximum Gasteiger partial charge on any atom is 0.333 e. The average molecular weight is 454 g/mol. The van der Waals surface area contributed by atoms with Gasteiger partial charge in [0.05, 0.1) is 12.6 Å². The summed E-state index contributed by atoms with van der Waals surface area (Å²) in [4.78, 5) is 23.5. The average Bonchev–Trinajstić information content (AvgIpc) is 3.16. The summed E-state index contributed by atoms with van der Waals surface area (Å²) in [6, 6.07) is 5.71. The first kappa shape index (κ1) is 22.0. The van der Waals surface area contributed by atoms with Crippen LogP contribution in [0.2, 0.25) is 5.02 Å². The molecule has 0 fully saturated rings. The van der Waals surface area contributed by atoms with Crippen LogP contribution in [0.4, 0.5) is 18.0 Å². The number of benzene rings is 2. The van der Waals surface area contributed by atoms with Gasteiger partial charge in [0.2, 0.25) is 5.82 Å². The van der Waals surface area contributed by atoms with Crippen molar-refractivity contribution in [3.8, 4) is 22.5 Å². The fourth-order valence-electron chi connectivity index (χ4n) is 2.65. The molecule has 0 aliphatic carbocycles. The highest BCUT2D eigenvalue weighted by atomic mass is 35.5. The Kier molecular flexibility index (Phi) is 6.70. The minimum atomic E-state index is -1.30. The third kappa shape index (κ3) is 5.28. The molecule has 162 valence electrons. The Morgan fingerprint density at radius 3 is 2.55 bits per heavy atom. The fraction of sp³-hybridized carbons (Fsp3) is 0.167. The lowest BCUT2D eigenvalue weighted by atomic mass is 9.97. The molecule has 3 rings (SSSR count). The largest absolute Gasteiger partial charge is 0.333 e. The Balaban J connectivity index is 1.83. The molecule has 9 nitrogen and oxygen atoms in total. The van der Waals surface area contributed by atoms with Crippen molar-refractivity contribution in [2.24, 2.45) is 7.05 Å². The number of amides is 3. The molecule has 0 unspecified atom stereocenters. The third-order valence-corrected chi connectivity index (χ3v) is 4.25. The van der Waals surface area contributed by atoms with Crippen molar-refractivity contribution in [2.75, 3.05) is 6.67 Å². The number of aryl methyl sites for hydroxylation is 1. The van der Waals surface area contributed by atoms with E-state index in [1.807, 2.05) is 10.9 Å². The minimum Gasteiger partial charge on any atom is -0.333 e. The molecule has 0 saturated heterocycles. The van der Waals surface area contributed by atoms with Gasteiger partial charge in [-0.2, -0.15) is 4.80 Å². The minimum absolute atomic E-state index is 0.00446. The maximum absolute atomic E-state index is 14.6. The number of rotatable bonds is 5. The fourth-order valence-corrected chi connectivity index (χ4v) is 2.86. The summed E-state index contributed by atoms with van der Waals surface area (Å²) in [6.45, 7) is -1.53. The number of hydrazine groups is 1. The van der Waals surface area contributed by atoms with E-state index >= 15 is 0 Å². The summed E-state index contributed by atoms with van der Waals surface area (Å²) in [6.07, 6.45) is 0. The molecule has 1 aromatic heterocycles. The van der Waals surface area contributed by atoms with Crippen LogP contribution in [-0.2, 0) is 18.4 Å². The lowest BCUT2D eigenvalue weighted by molar-refractivity contribution is -0.122. The van der Waals surface area contributed by atoms with Gasteiger partial charge in [-0.1, -0.05) is 23.7 Å². The van der Waals surface area contributed by atoms with Crippen LogP contribution in [0.3, 0.4) is 0 Å². The Bertz CT molecular complexity index is 1140. The number of carbonyl (C=O) groups is 2. The molecule has 0 aliphatic rings. The van der Waals surface area contributed by atoms with Crippen molar-refractivity contribution in [3.63, 3.8) is 0 Å². The molecule has 13 heteroatoms. The number of nitrogens with zero attached hydrogens (tertiary/aromatic N) is 4. The van der Waals surface area contributed by atoms with Gasteiger partial charge in [0.25, 0.3) is 5.91 Å². The molecule has 31 heavy (non-hydrogen) atoms. The van der Waals surface area contributed by atoms with Crippen LogP contribution < -0.4 is 16.2 Å². The first-order valence-electron chi connectivity index (χ1n) is 8.69. The number of hydrogen-bond donors (Lipinski definition) is 3. The van der Waals surface area contributed by atoms with Crippen molar-refractivity contribution < 1.29 is 22.8 Å². The number of urea groups is 1. The molecule has 1 heterocycles. The highest BCUT2D eigenvalue weighted by molar-refractivity contribution is 6.31. The molecule has 2 aromatic carbocycles. The molecule has 0 radical (unpaired) electrons. The summed E-state index contributed by atoms with van der Waals surface area (Å²) >= 11 is 5.98. The highest BCUT2D eigenvalue weighted by Gasteiger charge is 2.19. The van der Waals surface area contributed by atoms with Gasteiger partial charge in [0, 0.05) is 17.1 Å². The van der Waals surface area contributed by atoms with Gasteiger partial charge in [0.15, 0.2) is 6.67 Å². The highest BCUT2D eigenvalue weighted by Crippen LogP contribution is 2.35. The van der Waals surface area contributed by atoms with Crippen LogP contribution in [0.1, 0.15) is 5.56 Å². The number of halogens is 4. The van der Waals surface area contributed by atoms with Crippen molar-refractivity contribution in [1.82, 2.24) is 36.4 Å². The SMILES string of the molecule is Cn1nnc(-c2c(F)cc(Cl)cc2-c2ccc(CNC(=O)NNC(=O)CF)c(F)c2)n1. The van der Waals surface area contributed by atoms with E-state index in [1.165, 1.54) is 25.2 Å². The molecule has 0 atom stereocenters. The van der Waals surface area contributed by atoms with E-state index in [0.717, 1.165) is 16.9 Å². The predicted octanol–water partition coefficient (Wildman–Crippen LogP) is 2.28. The first-order chi connectivity index (χ1) is 14.8. The normalized spacial score (nSPS) is 10.6. The molecule has 0 aliphatic heterocycles. The van der Waals surface area contributed by atoms with Crippen molar-refractivity contribution >= 4 is 23.5 Å². The van der Waals surface area contributed by atoms with E-state index in [1.54, 1.807) is 0 Å². The molecule has 0 spiro atoms. The molecular formula is C18H15ClF3N7O2. The second kappa shape index (κ2) is 9.43. The number of alkyl halides is 1. The van der Waals surface area contributed by atoms with Gasteiger partial charge in [0.1, 0.15) is 11.6 Å². The monoisotopic (exact) mass is 453 g/mol. The molecular weight excluding hydrogens is 439 g/mol. The summed E-state index contributed by atoms with van der Waals surface area (Å²) in [5.74, 6) is -2.42. The maximum atomic E-state index is 14.6. The van der Waals surface area contributed by atoms with Crippen LogP contribution >= 0.6 is 11.6 Å². The van der Waals surface area contributed by atoms with Crippen LogP contribution in [0, 0.1) is 11.6 Å². The standard InChI is InChI=1S/C18H15ClF3N7O2/c1-29-27-17(25-28-29)16-12(5-11(19)6-14(16)22)9-2-3-10(13(21)4-9)8-23-18(31)26-24-15(30)7-20/h2-6H,7-8H2,1H3,(H,24,30)(H2,23,26,31). The smallest absolute Gasteiger partial charge is 0.333 e. The van der Waals surface area contributed by atoms with Crippen molar-refractivity contribution in [1.29, 1.82) is 0 Å². The van der Waals surface area contributed by atoms with E-state index in [9.17, 15) is 22.8 Å². The van der Waals surface area contributed by atoms with E-state index in [-0.39, 0.29) is 34.1 Å². The number of hydrogen-bond acceptors (Lipinski definition) is 5. The van der Waals surface area contributed by atoms with E-state index in [0.29, 0.717) is 5.56 Å². The second-order valence-corrected chi connectivity index (χ2v) is 6.64. The van der Waals surface area contributed by atoms with Crippen LogP contribution in [-0.4, -0.2) is 38.8 Å². The zero-order chi connectivity index (χ0) is 22.5. The number of tetrazole rings is 1. The van der Waals surface area contributed by atoms with E-state index in [2.05, 4.69) is 20.7 Å². The quantitative estimate of drug-likeness (QED) is 0.513. The van der Waals surface area contributed by atoms with Gasteiger partial charge in [-0.3, -0.25) is 10.2 Å². The zero-order valence-electron chi connectivity index (χ0n) is 15.9. The summed E-state index contributed by atoms with van der Waals surface area (Å²) < 4.78 is 41.3. The van der Waals surface area contributed by atoms with E-state index < -0.39 is 30.2 Å².